The molecule has 3 nitrogen and oxygen atoms in total. The summed E-state index contributed by atoms with van der Waals surface area (Å²) in [6.07, 6.45) is 5.41. The van der Waals surface area contributed by atoms with Gasteiger partial charge in [-0.05, 0) is 25.3 Å². The summed E-state index contributed by atoms with van der Waals surface area (Å²) in [4.78, 5) is 0. The van der Waals surface area contributed by atoms with Crippen molar-refractivity contribution >= 4 is 0 Å². The minimum absolute atomic E-state index is 0.461. The second-order valence-corrected chi connectivity index (χ2v) is 4.64. The van der Waals surface area contributed by atoms with Gasteiger partial charge in [-0.25, -0.2) is 0 Å². The number of ether oxygens (including phenoxy) is 1. The first kappa shape index (κ1) is 11.7. The fourth-order valence-electron chi connectivity index (χ4n) is 2.05. The Labute approximate surface area is 97.0 Å². The molecule has 1 saturated carbocycles. The van der Waals surface area contributed by atoms with Gasteiger partial charge in [-0.1, -0.05) is 19.3 Å². The van der Waals surface area contributed by atoms with Crippen molar-refractivity contribution in [2.24, 2.45) is 11.7 Å². The number of hydrogen-bond donors (Lipinski definition) is 1. The molecule has 0 aliphatic heterocycles. The fraction of sp³-hybridized carbons (Fsp3) is 0.692. The Morgan fingerprint density at radius 2 is 2.31 bits per heavy atom. The number of rotatable bonds is 6. The highest BCUT2D eigenvalue weighted by Crippen LogP contribution is 2.29. The van der Waals surface area contributed by atoms with Gasteiger partial charge in [0.25, 0.3) is 0 Å². The molecule has 0 atom stereocenters. The van der Waals surface area contributed by atoms with E-state index in [1.807, 2.05) is 13.0 Å². The quantitative estimate of drug-likeness (QED) is 0.754. The van der Waals surface area contributed by atoms with Crippen LogP contribution < -0.4 is 5.73 Å². The van der Waals surface area contributed by atoms with Crippen LogP contribution in [0.5, 0.6) is 0 Å². The van der Waals surface area contributed by atoms with E-state index in [1.54, 1.807) is 0 Å². The van der Waals surface area contributed by atoms with Crippen LogP contribution in [0.25, 0.3) is 0 Å². The summed E-state index contributed by atoms with van der Waals surface area (Å²) < 4.78 is 11.1. The van der Waals surface area contributed by atoms with Crippen LogP contribution in [-0.4, -0.2) is 6.61 Å². The first-order chi connectivity index (χ1) is 7.79. The number of furan rings is 1. The Bertz CT molecular complexity index is 329. The van der Waals surface area contributed by atoms with Gasteiger partial charge in [0, 0.05) is 12.2 Å². The van der Waals surface area contributed by atoms with E-state index in [-0.39, 0.29) is 0 Å². The van der Waals surface area contributed by atoms with Crippen LogP contribution in [0, 0.1) is 12.8 Å². The molecule has 16 heavy (non-hydrogen) atoms. The second kappa shape index (κ2) is 5.51. The van der Waals surface area contributed by atoms with Crippen molar-refractivity contribution in [3.63, 3.8) is 0 Å². The zero-order valence-electron chi connectivity index (χ0n) is 10.00. The predicted molar refractivity (Wildman–Crippen MR) is 63.0 cm³/mol. The average molecular weight is 223 g/mol. The van der Waals surface area contributed by atoms with E-state index in [0.717, 1.165) is 29.6 Å². The largest absolute Gasteiger partial charge is 0.465 e. The van der Waals surface area contributed by atoms with Crippen LogP contribution in [0.1, 0.15) is 42.8 Å². The minimum Gasteiger partial charge on any atom is -0.465 e. The molecule has 1 fully saturated rings. The van der Waals surface area contributed by atoms with Crippen molar-refractivity contribution in [2.45, 2.75) is 45.8 Å². The lowest BCUT2D eigenvalue weighted by Gasteiger charge is -2.24. The van der Waals surface area contributed by atoms with Gasteiger partial charge < -0.3 is 14.9 Å². The van der Waals surface area contributed by atoms with Gasteiger partial charge in [0.15, 0.2) is 0 Å². The number of aryl methyl sites for hydroxylation is 1. The summed E-state index contributed by atoms with van der Waals surface area (Å²) in [5.41, 5.74) is 6.65. The van der Waals surface area contributed by atoms with Gasteiger partial charge in [-0.15, -0.1) is 0 Å². The van der Waals surface area contributed by atoms with Crippen LogP contribution in [0.4, 0.5) is 0 Å². The van der Waals surface area contributed by atoms with Gasteiger partial charge in [0.2, 0.25) is 0 Å². The molecule has 1 aromatic rings. The molecule has 0 unspecified atom stereocenters. The molecule has 0 aromatic carbocycles. The summed E-state index contributed by atoms with van der Waals surface area (Å²) in [5.74, 6) is 2.70. The van der Waals surface area contributed by atoms with Crippen LogP contribution in [0.15, 0.2) is 10.5 Å². The van der Waals surface area contributed by atoms with Crippen molar-refractivity contribution in [1.29, 1.82) is 0 Å². The van der Waals surface area contributed by atoms with Crippen molar-refractivity contribution in [1.82, 2.24) is 0 Å². The summed E-state index contributed by atoms with van der Waals surface area (Å²) in [5, 5.41) is 0. The topological polar surface area (TPSA) is 48.4 Å². The molecule has 0 spiro atoms. The van der Waals surface area contributed by atoms with E-state index >= 15 is 0 Å². The standard InChI is InChI=1S/C13H21NO2/c1-10-12(7-13(8-14)16-10)9-15-6-5-11-3-2-4-11/h7,11H,2-6,8-9,14H2,1H3. The lowest BCUT2D eigenvalue weighted by molar-refractivity contribution is 0.0942. The Morgan fingerprint density at radius 1 is 1.50 bits per heavy atom. The molecule has 3 heteroatoms. The third-order valence-electron chi connectivity index (χ3n) is 3.43. The summed E-state index contributed by atoms with van der Waals surface area (Å²) >= 11 is 0. The van der Waals surface area contributed by atoms with E-state index in [4.69, 9.17) is 14.9 Å². The molecule has 0 amide bonds. The van der Waals surface area contributed by atoms with Gasteiger partial charge in [0.1, 0.15) is 11.5 Å². The van der Waals surface area contributed by atoms with E-state index in [0.29, 0.717) is 13.2 Å². The van der Waals surface area contributed by atoms with Crippen LogP contribution in [0.2, 0.25) is 0 Å². The zero-order chi connectivity index (χ0) is 11.4. The molecule has 2 N–H and O–H groups in total. The molecule has 1 heterocycles. The molecular formula is C13H21NO2. The summed E-state index contributed by atoms with van der Waals surface area (Å²) in [6.45, 7) is 3.95. The summed E-state index contributed by atoms with van der Waals surface area (Å²) in [6, 6.07) is 2.00. The van der Waals surface area contributed by atoms with Gasteiger partial charge in [-0.3, -0.25) is 0 Å². The SMILES string of the molecule is Cc1oc(CN)cc1COCCC1CCC1. The highest BCUT2D eigenvalue weighted by atomic mass is 16.5. The average Bonchev–Trinajstić information content (AvgIpc) is 2.57. The first-order valence-corrected chi connectivity index (χ1v) is 6.15. The Balaban J connectivity index is 1.69. The van der Waals surface area contributed by atoms with Crippen LogP contribution in [-0.2, 0) is 17.9 Å². The Hall–Kier alpha value is -0.800. The highest BCUT2D eigenvalue weighted by molar-refractivity contribution is 5.19. The molecule has 0 saturated heterocycles. The van der Waals surface area contributed by atoms with E-state index in [9.17, 15) is 0 Å². The molecule has 0 bridgehead atoms. The normalized spacial score (nSPS) is 16.4. The number of nitrogens with two attached hydrogens (primary N) is 1. The highest BCUT2D eigenvalue weighted by Gasteiger charge is 2.16. The van der Waals surface area contributed by atoms with Crippen LogP contribution in [0.3, 0.4) is 0 Å². The monoisotopic (exact) mass is 223 g/mol. The maximum absolute atomic E-state index is 5.66. The molecule has 2 rings (SSSR count). The fourth-order valence-corrected chi connectivity index (χ4v) is 2.05. The molecule has 1 aliphatic rings. The predicted octanol–water partition coefficient (Wildman–Crippen LogP) is 2.75. The molecule has 90 valence electrons. The third-order valence-corrected chi connectivity index (χ3v) is 3.43. The zero-order valence-corrected chi connectivity index (χ0v) is 10.00. The van der Waals surface area contributed by atoms with Crippen LogP contribution >= 0.6 is 0 Å². The maximum Gasteiger partial charge on any atom is 0.118 e. The molecular weight excluding hydrogens is 202 g/mol. The van der Waals surface area contributed by atoms with E-state index in [1.165, 1.54) is 25.7 Å². The van der Waals surface area contributed by atoms with Gasteiger partial charge >= 0.3 is 0 Å². The van der Waals surface area contributed by atoms with Crippen molar-refractivity contribution < 1.29 is 9.15 Å². The molecule has 1 aromatic heterocycles. The van der Waals surface area contributed by atoms with E-state index < -0.39 is 0 Å². The Kier molecular flexibility index (Phi) is 4.02. The Morgan fingerprint density at radius 3 is 2.88 bits per heavy atom. The van der Waals surface area contributed by atoms with Gasteiger partial charge in [0.05, 0.1) is 13.2 Å². The van der Waals surface area contributed by atoms with E-state index in [2.05, 4.69) is 0 Å². The van der Waals surface area contributed by atoms with Crippen molar-refractivity contribution in [3.05, 3.63) is 23.2 Å². The smallest absolute Gasteiger partial charge is 0.118 e. The van der Waals surface area contributed by atoms with Crippen molar-refractivity contribution in [2.75, 3.05) is 6.61 Å². The molecule has 0 radical (unpaired) electrons. The lowest BCUT2D eigenvalue weighted by Crippen LogP contribution is -2.13. The van der Waals surface area contributed by atoms with Crippen molar-refractivity contribution in [3.8, 4) is 0 Å². The van der Waals surface area contributed by atoms with Gasteiger partial charge in [-0.2, -0.15) is 0 Å². The number of hydrogen-bond acceptors (Lipinski definition) is 3. The summed E-state index contributed by atoms with van der Waals surface area (Å²) in [7, 11) is 0. The molecule has 1 aliphatic carbocycles. The first-order valence-electron chi connectivity index (χ1n) is 6.15. The lowest BCUT2D eigenvalue weighted by atomic mass is 9.83. The minimum atomic E-state index is 0.461. The second-order valence-electron chi connectivity index (χ2n) is 4.64. The maximum atomic E-state index is 5.66. The third kappa shape index (κ3) is 2.86.